The van der Waals surface area contributed by atoms with E-state index in [0.29, 0.717) is 11.1 Å². The van der Waals surface area contributed by atoms with Gasteiger partial charge in [0.2, 0.25) is 5.90 Å². The van der Waals surface area contributed by atoms with Gasteiger partial charge in [-0.1, -0.05) is 54.1 Å². The van der Waals surface area contributed by atoms with Crippen LogP contribution in [0, 0.1) is 6.92 Å². The molecule has 0 atom stereocenters. The fraction of sp³-hybridized carbons (Fsp3) is 0.0476. The van der Waals surface area contributed by atoms with E-state index < -0.39 is 10.0 Å². The number of rotatable bonds is 4. The molecular weight excluding hydrogens is 376 g/mol. The minimum absolute atomic E-state index is 0.0392. The summed E-state index contributed by atoms with van der Waals surface area (Å²) >= 11 is 0. The van der Waals surface area contributed by atoms with Crippen LogP contribution in [0.5, 0.6) is 0 Å². The van der Waals surface area contributed by atoms with Crippen LogP contribution in [0.25, 0.3) is 0 Å². The lowest BCUT2D eigenvalue weighted by Crippen LogP contribution is -2.17. The number of aryl methyl sites for hydroxylation is 1. The van der Waals surface area contributed by atoms with Gasteiger partial charge in [-0.2, -0.15) is 8.42 Å². The smallest absolute Gasteiger partial charge is 0.285 e. The maximum Gasteiger partial charge on any atom is 0.285 e. The predicted molar refractivity (Wildman–Crippen MR) is 107 cm³/mol. The van der Waals surface area contributed by atoms with Crippen molar-refractivity contribution in [2.24, 2.45) is 9.55 Å². The molecule has 0 saturated heterocycles. The molecule has 7 heteroatoms. The van der Waals surface area contributed by atoms with Gasteiger partial charge < -0.3 is 9.94 Å². The summed E-state index contributed by atoms with van der Waals surface area (Å²) in [4.78, 5) is 0.0392. The largest absolute Gasteiger partial charge is 0.416 e. The second-order valence-corrected chi connectivity index (χ2v) is 7.53. The molecular formula is C21H18N2O4S. The molecule has 3 rings (SSSR count). The Morgan fingerprint density at radius 2 is 1.29 bits per heavy atom. The maximum atomic E-state index is 12.8. The fourth-order valence-electron chi connectivity index (χ4n) is 2.39. The molecule has 6 nitrogen and oxygen atoms in total. The highest BCUT2D eigenvalue weighted by Gasteiger charge is 2.19. The molecule has 0 radical (unpaired) electrons. The molecule has 0 saturated carbocycles. The molecule has 0 amide bonds. The summed E-state index contributed by atoms with van der Waals surface area (Å²) in [6.07, 6.45) is 0. The van der Waals surface area contributed by atoms with Crippen LogP contribution in [-0.2, 0) is 14.8 Å². The number of hydrogen-bond acceptors (Lipinski definition) is 5. The van der Waals surface area contributed by atoms with Crippen molar-refractivity contribution in [2.45, 2.75) is 11.8 Å². The summed E-state index contributed by atoms with van der Waals surface area (Å²) in [6.45, 7) is 1.86. The average Bonchev–Trinajstić information content (AvgIpc) is 2.72. The van der Waals surface area contributed by atoms with Crippen molar-refractivity contribution in [1.29, 1.82) is 0 Å². The third kappa shape index (κ3) is 4.63. The van der Waals surface area contributed by atoms with Crippen molar-refractivity contribution in [2.75, 3.05) is 0 Å². The molecule has 0 aromatic heterocycles. The summed E-state index contributed by atoms with van der Waals surface area (Å²) in [7, 11) is -4.03. The number of nitrogens with zero attached hydrogens (tertiary/aromatic N) is 2. The van der Waals surface area contributed by atoms with E-state index in [4.69, 9.17) is 4.74 Å². The van der Waals surface area contributed by atoms with Gasteiger partial charge in [0.05, 0.1) is 4.90 Å². The second kappa shape index (κ2) is 8.49. The Morgan fingerprint density at radius 3 is 1.79 bits per heavy atom. The molecule has 142 valence electrons. The molecule has 0 unspecified atom stereocenters. The minimum atomic E-state index is -4.03. The van der Waals surface area contributed by atoms with Crippen molar-refractivity contribution in [3.05, 3.63) is 102 Å². The molecule has 0 aliphatic carbocycles. The van der Waals surface area contributed by atoms with Gasteiger partial charge in [-0.05, 0) is 48.5 Å². The van der Waals surface area contributed by atoms with Crippen molar-refractivity contribution < 1.29 is 18.4 Å². The molecule has 3 aromatic carbocycles. The summed E-state index contributed by atoms with van der Waals surface area (Å²) in [5.41, 5.74) is 1.83. The first-order valence-corrected chi connectivity index (χ1v) is 9.86. The fourth-order valence-corrected chi connectivity index (χ4v) is 3.34. The van der Waals surface area contributed by atoms with Crippen LogP contribution in [0.1, 0.15) is 16.7 Å². The van der Waals surface area contributed by atoms with E-state index in [9.17, 15) is 13.6 Å². The van der Waals surface area contributed by atoms with Gasteiger partial charge >= 0.3 is 0 Å². The molecule has 0 bridgehead atoms. The number of hydrogen-bond donors (Lipinski definition) is 1. The number of sulfonamides is 1. The summed E-state index contributed by atoms with van der Waals surface area (Å²) in [5, 5.41) is 12.5. The van der Waals surface area contributed by atoms with Crippen molar-refractivity contribution in [3.8, 4) is 0 Å². The topological polar surface area (TPSA) is 88.3 Å². The van der Waals surface area contributed by atoms with Crippen molar-refractivity contribution in [3.63, 3.8) is 0 Å². The van der Waals surface area contributed by atoms with E-state index in [1.807, 2.05) is 6.92 Å². The van der Waals surface area contributed by atoms with Crippen molar-refractivity contribution in [1.82, 2.24) is 0 Å². The molecule has 28 heavy (non-hydrogen) atoms. The molecule has 0 aliphatic heterocycles. The average molecular weight is 394 g/mol. The number of oxime groups is 1. The first kappa shape index (κ1) is 19.3. The van der Waals surface area contributed by atoms with E-state index >= 15 is 0 Å². The zero-order valence-electron chi connectivity index (χ0n) is 15.1. The first-order valence-electron chi connectivity index (χ1n) is 8.42. The van der Waals surface area contributed by atoms with Gasteiger partial charge in [0.15, 0.2) is 0 Å². The van der Waals surface area contributed by atoms with E-state index in [0.717, 1.165) is 5.56 Å². The van der Waals surface area contributed by atoms with Gasteiger partial charge in [-0.3, -0.25) is 0 Å². The predicted octanol–water partition coefficient (Wildman–Crippen LogP) is 3.98. The lowest BCUT2D eigenvalue weighted by Gasteiger charge is -2.10. The van der Waals surface area contributed by atoms with Gasteiger partial charge in [0.1, 0.15) is 0 Å². The van der Waals surface area contributed by atoms with Gasteiger partial charge in [-0.25, -0.2) is 0 Å². The number of ether oxygens (including phenoxy) is 1. The highest BCUT2D eigenvalue weighted by atomic mass is 32.2. The Bertz CT molecular complexity index is 1090. The SMILES string of the molecule is Cc1ccc(S(=O)(=O)/N=C(/O/C(=N/O)c2ccccc2)c2ccccc2)cc1. The Labute approximate surface area is 163 Å². The third-order valence-electron chi connectivity index (χ3n) is 3.85. The van der Waals surface area contributed by atoms with E-state index in [2.05, 4.69) is 9.55 Å². The summed E-state index contributed by atoms with van der Waals surface area (Å²) in [5.74, 6) is -0.361. The first-order chi connectivity index (χ1) is 13.5. The highest BCUT2D eigenvalue weighted by molar-refractivity contribution is 7.90. The standard InChI is InChI=1S/C21H18N2O4S/c1-16-12-14-19(15-13-16)28(25,26)23-21(18-10-6-3-7-11-18)27-20(22-24)17-8-4-2-5-9-17/h2-15,24H,1H3/b22-20+,23-21+. The van der Waals surface area contributed by atoms with Gasteiger partial charge in [0.25, 0.3) is 15.9 Å². The summed E-state index contributed by atoms with van der Waals surface area (Å²) in [6, 6.07) is 23.5. The lowest BCUT2D eigenvalue weighted by molar-refractivity contribution is 0.304. The van der Waals surface area contributed by atoms with Crippen LogP contribution in [-0.4, -0.2) is 25.4 Å². The zero-order chi connectivity index (χ0) is 20.0. The second-order valence-electron chi connectivity index (χ2n) is 5.92. The number of benzene rings is 3. The summed E-state index contributed by atoms with van der Waals surface area (Å²) < 4.78 is 35.0. The van der Waals surface area contributed by atoms with Crippen LogP contribution in [0.4, 0.5) is 0 Å². The molecule has 0 heterocycles. The monoisotopic (exact) mass is 394 g/mol. The highest BCUT2D eigenvalue weighted by Crippen LogP contribution is 2.16. The van der Waals surface area contributed by atoms with E-state index in [-0.39, 0.29) is 16.7 Å². The van der Waals surface area contributed by atoms with E-state index in [1.54, 1.807) is 72.8 Å². The zero-order valence-corrected chi connectivity index (χ0v) is 15.9. The Kier molecular flexibility index (Phi) is 5.86. The molecule has 1 N–H and O–H groups in total. The van der Waals surface area contributed by atoms with Crippen LogP contribution in [0.3, 0.4) is 0 Å². The Balaban J connectivity index is 2.05. The third-order valence-corrected chi connectivity index (χ3v) is 5.12. The van der Waals surface area contributed by atoms with E-state index in [1.165, 1.54) is 12.1 Å². The molecule has 0 aliphatic rings. The normalized spacial score (nSPS) is 12.6. The van der Waals surface area contributed by atoms with Crippen LogP contribution < -0.4 is 0 Å². The maximum absolute atomic E-state index is 12.8. The van der Waals surface area contributed by atoms with Crippen LogP contribution in [0.15, 0.2) is 99.4 Å². The van der Waals surface area contributed by atoms with Crippen LogP contribution >= 0.6 is 0 Å². The Morgan fingerprint density at radius 1 is 0.786 bits per heavy atom. The van der Waals surface area contributed by atoms with Gasteiger partial charge in [-0.15, -0.1) is 4.40 Å². The minimum Gasteiger partial charge on any atom is -0.416 e. The van der Waals surface area contributed by atoms with Gasteiger partial charge in [0, 0.05) is 11.1 Å². The Hall–Kier alpha value is -3.45. The molecule has 0 spiro atoms. The van der Waals surface area contributed by atoms with Crippen molar-refractivity contribution >= 4 is 21.8 Å². The quantitative estimate of drug-likeness (QED) is 0.314. The molecule has 0 fully saturated rings. The molecule has 3 aromatic rings. The lowest BCUT2D eigenvalue weighted by atomic mass is 10.2. The van der Waals surface area contributed by atoms with Crippen LogP contribution in [0.2, 0.25) is 0 Å².